The van der Waals surface area contributed by atoms with Crippen molar-refractivity contribution in [3.63, 3.8) is 0 Å². The van der Waals surface area contributed by atoms with Gasteiger partial charge in [0.2, 0.25) is 0 Å². The highest BCUT2D eigenvalue weighted by Gasteiger charge is 2.14. The van der Waals surface area contributed by atoms with Crippen LogP contribution in [0.1, 0.15) is 37.7 Å². The van der Waals surface area contributed by atoms with E-state index < -0.39 is 0 Å². The van der Waals surface area contributed by atoms with Crippen LogP contribution >= 0.6 is 0 Å². The molecular formula is C22H28N4O2. The molecule has 1 aliphatic carbocycles. The van der Waals surface area contributed by atoms with Crippen LogP contribution < -0.4 is 21.3 Å². The number of urea groups is 2. The maximum Gasteiger partial charge on any atom is 0.323 e. The summed E-state index contributed by atoms with van der Waals surface area (Å²) in [6, 6.07) is 14.1. The number of para-hydroxylation sites is 1. The zero-order valence-electron chi connectivity index (χ0n) is 16.3. The third-order valence-electron chi connectivity index (χ3n) is 5.05. The molecule has 0 bridgehead atoms. The van der Waals surface area contributed by atoms with Crippen molar-refractivity contribution in [3.8, 4) is 0 Å². The van der Waals surface area contributed by atoms with Gasteiger partial charge in [-0.15, -0.1) is 0 Å². The molecule has 4 amide bonds. The van der Waals surface area contributed by atoms with Gasteiger partial charge in [0, 0.05) is 23.6 Å². The third-order valence-corrected chi connectivity index (χ3v) is 5.05. The molecule has 6 heteroatoms. The molecule has 0 aromatic heterocycles. The minimum absolute atomic E-state index is 0.209. The number of hydrogen-bond acceptors (Lipinski definition) is 2. The fourth-order valence-corrected chi connectivity index (χ4v) is 3.44. The molecule has 1 saturated carbocycles. The second-order valence-electron chi connectivity index (χ2n) is 7.31. The summed E-state index contributed by atoms with van der Waals surface area (Å²) in [5.74, 6) is 0.579. The van der Waals surface area contributed by atoms with Gasteiger partial charge in [-0.2, -0.15) is 0 Å². The molecule has 0 saturated heterocycles. The third kappa shape index (κ3) is 6.01. The van der Waals surface area contributed by atoms with E-state index in [2.05, 4.69) is 21.3 Å². The fourth-order valence-electron chi connectivity index (χ4n) is 3.44. The normalized spacial score (nSPS) is 14.2. The van der Waals surface area contributed by atoms with Crippen LogP contribution in [0.3, 0.4) is 0 Å². The van der Waals surface area contributed by atoms with Crippen LogP contribution in [0, 0.1) is 12.8 Å². The lowest BCUT2D eigenvalue weighted by molar-refractivity contribution is 0.247. The largest absolute Gasteiger partial charge is 0.338 e. The van der Waals surface area contributed by atoms with Gasteiger partial charge in [0.05, 0.1) is 0 Å². The summed E-state index contributed by atoms with van der Waals surface area (Å²) in [5.41, 5.74) is 2.94. The Bertz CT molecular complexity index is 801. The Balaban J connectivity index is 1.53. The number of rotatable bonds is 5. The first kappa shape index (κ1) is 19.7. The Morgan fingerprint density at radius 2 is 1.57 bits per heavy atom. The minimum Gasteiger partial charge on any atom is -0.338 e. The highest BCUT2D eigenvalue weighted by Crippen LogP contribution is 2.23. The Morgan fingerprint density at radius 3 is 2.32 bits per heavy atom. The van der Waals surface area contributed by atoms with Crippen molar-refractivity contribution in [2.75, 3.05) is 22.5 Å². The SMILES string of the molecule is Cc1ccc(NC(=O)Nc2ccccc2)cc1NC(=O)NCC1CCCCC1. The number of anilines is 3. The second kappa shape index (κ2) is 9.78. The van der Waals surface area contributed by atoms with Crippen molar-refractivity contribution in [1.82, 2.24) is 5.32 Å². The van der Waals surface area contributed by atoms with Crippen LogP contribution in [-0.4, -0.2) is 18.6 Å². The number of carbonyl (C=O) groups is 2. The molecule has 1 aliphatic rings. The minimum atomic E-state index is -0.331. The maximum atomic E-state index is 12.3. The van der Waals surface area contributed by atoms with Crippen LogP contribution in [0.25, 0.3) is 0 Å². The maximum absolute atomic E-state index is 12.3. The van der Waals surface area contributed by atoms with Crippen LogP contribution in [0.15, 0.2) is 48.5 Å². The summed E-state index contributed by atoms with van der Waals surface area (Å²) < 4.78 is 0. The summed E-state index contributed by atoms with van der Waals surface area (Å²) in [6.45, 7) is 2.63. The van der Waals surface area contributed by atoms with E-state index in [9.17, 15) is 9.59 Å². The lowest BCUT2D eigenvalue weighted by atomic mass is 9.89. The highest BCUT2D eigenvalue weighted by atomic mass is 16.2. The molecule has 0 aliphatic heterocycles. The van der Waals surface area contributed by atoms with Gasteiger partial charge in [0.1, 0.15) is 0 Å². The molecule has 6 nitrogen and oxygen atoms in total. The Morgan fingerprint density at radius 1 is 0.857 bits per heavy atom. The van der Waals surface area contributed by atoms with E-state index in [-0.39, 0.29) is 12.1 Å². The van der Waals surface area contributed by atoms with Gasteiger partial charge in [-0.05, 0) is 55.5 Å². The average molecular weight is 380 g/mol. The second-order valence-corrected chi connectivity index (χ2v) is 7.31. The molecule has 3 rings (SSSR count). The number of carbonyl (C=O) groups excluding carboxylic acids is 2. The summed E-state index contributed by atoms with van der Waals surface area (Å²) in [6.07, 6.45) is 6.20. The van der Waals surface area contributed by atoms with Gasteiger partial charge < -0.3 is 21.3 Å². The summed E-state index contributed by atoms with van der Waals surface area (Å²) in [4.78, 5) is 24.4. The van der Waals surface area contributed by atoms with E-state index in [1.807, 2.05) is 49.4 Å². The van der Waals surface area contributed by atoms with Gasteiger partial charge in [-0.1, -0.05) is 43.5 Å². The molecule has 4 N–H and O–H groups in total. The number of aryl methyl sites for hydroxylation is 1. The van der Waals surface area contributed by atoms with Crippen molar-refractivity contribution >= 4 is 29.1 Å². The molecule has 0 atom stereocenters. The van der Waals surface area contributed by atoms with Gasteiger partial charge in [-0.25, -0.2) is 9.59 Å². The van der Waals surface area contributed by atoms with Crippen molar-refractivity contribution in [1.29, 1.82) is 0 Å². The van der Waals surface area contributed by atoms with Crippen LogP contribution in [-0.2, 0) is 0 Å². The number of nitrogens with one attached hydrogen (secondary N) is 4. The van der Waals surface area contributed by atoms with Gasteiger partial charge in [-0.3, -0.25) is 0 Å². The standard InChI is InChI=1S/C22H28N4O2/c1-16-12-13-19(25-22(28)24-18-10-6-3-7-11-18)14-20(16)26-21(27)23-15-17-8-4-2-5-9-17/h3,6-7,10-14,17H,2,4-5,8-9,15H2,1H3,(H2,23,26,27)(H2,24,25,28). The van der Waals surface area contributed by atoms with Crippen LogP contribution in [0.2, 0.25) is 0 Å². The van der Waals surface area contributed by atoms with Gasteiger partial charge in [0.25, 0.3) is 0 Å². The Labute approximate surface area is 166 Å². The summed E-state index contributed by atoms with van der Waals surface area (Å²) in [7, 11) is 0. The van der Waals surface area contributed by atoms with Gasteiger partial charge in [0.15, 0.2) is 0 Å². The molecule has 2 aromatic carbocycles. The smallest absolute Gasteiger partial charge is 0.323 e. The van der Waals surface area contributed by atoms with Crippen molar-refractivity contribution in [3.05, 3.63) is 54.1 Å². The lowest BCUT2D eigenvalue weighted by Gasteiger charge is -2.22. The zero-order valence-corrected chi connectivity index (χ0v) is 16.3. The zero-order chi connectivity index (χ0) is 19.8. The molecule has 0 unspecified atom stereocenters. The van der Waals surface area contributed by atoms with E-state index in [0.717, 1.165) is 5.56 Å². The average Bonchev–Trinajstić information content (AvgIpc) is 2.70. The topological polar surface area (TPSA) is 82.3 Å². The predicted octanol–water partition coefficient (Wildman–Crippen LogP) is 5.34. The number of amides is 4. The molecule has 0 spiro atoms. The van der Waals surface area contributed by atoms with Gasteiger partial charge >= 0.3 is 12.1 Å². The first-order chi connectivity index (χ1) is 13.6. The first-order valence-corrected chi connectivity index (χ1v) is 9.89. The predicted molar refractivity (Wildman–Crippen MR) is 114 cm³/mol. The lowest BCUT2D eigenvalue weighted by Crippen LogP contribution is -2.34. The molecule has 148 valence electrons. The molecule has 28 heavy (non-hydrogen) atoms. The summed E-state index contributed by atoms with van der Waals surface area (Å²) >= 11 is 0. The summed E-state index contributed by atoms with van der Waals surface area (Å²) in [5, 5.41) is 11.4. The van der Waals surface area contributed by atoms with E-state index in [0.29, 0.717) is 29.5 Å². The van der Waals surface area contributed by atoms with E-state index in [4.69, 9.17) is 0 Å². The number of benzene rings is 2. The van der Waals surface area contributed by atoms with Crippen LogP contribution in [0.4, 0.5) is 26.7 Å². The molecule has 1 fully saturated rings. The number of hydrogen-bond donors (Lipinski definition) is 4. The van der Waals surface area contributed by atoms with Crippen molar-refractivity contribution in [2.24, 2.45) is 5.92 Å². The van der Waals surface area contributed by atoms with E-state index >= 15 is 0 Å². The quantitative estimate of drug-likeness (QED) is 0.564. The first-order valence-electron chi connectivity index (χ1n) is 9.89. The van der Waals surface area contributed by atoms with E-state index in [1.165, 1.54) is 32.1 Å². The van der Waals surface area contributed by atoms with E-state index in [1.54, 1.807) is 6.07 Å². The molecular weight excluding hydrogens is 352 g/mol. The Kier molecular flexibility index (Phi) is 6.89. The molecule has 0 radical (unpaired) electrons. The monoisotopic (exact) mass is 380 g/mol. The fraction of sp³-hybridized carbons (Fsp3) is 0.364. The highest BCUT2D eigenvalue weighted by molar-refractivity contribution is 6.00. The molecule has 0 heterocycles. The van der Waals surface area contributed by atoms with Crippen molar-refractivity contribution < 1.29 is 9.59 Å². The van der Waals surface area contributed by atoms with Crippen molar-refractivity contribution in [2.45, 2.75) is 39.0 Å². The Hall–Kier alpha value is -3.02. The molecule has 2 aromatic rings. The van der Waals surface area contributed by atoms with Crippen LogP contribution in [0.5, 0.6) is 0 Å².